The predicted octanol–water partition coefficient (Wildman–Crippen LogP) is 5.15. The zero-order valence-corrected chi connectivity index (χ0v) is 19.5. The molecule has 0 aliphatic rings. The molecule has 150 valence electrons. The second-order valence-electron chi connectivity index (χ2n) is 6.17. The van der Waals surface area contributed by atoms with Crippen molar-refractivity contribution in [3.05, 3.63) is 68.1 Å². The van der Waals surface area contributed by atoms with Gasteiger partial charge in [0.1, 0.15) is 6.04 Å². The summed E-state index contributed by atoms with van der Waals surface area (Å²) in [5.74, 6) is 0.532. The summed E-state index contributed by atoms with van der Waals surface area (Å²) in [5, 5.41) is 3.77. The van der Waals surface area contributed by atoms with Crippen LogP contribution in [0.1, 0.15) is 18.1 Å². The Morgan fingerprint density at radius 1 is 1.18 bits per heavy atom. The van der Waals surface area contributed by atoms with Gasteiger partial charge < -0.3 is 10.2 Å². The molecule has 0 aromatic heterocycles. The SMILES string of the molecule is CNC(=O)[C@@H](C)N(Cc1ccc(Br)cc1)C(=O)CSCc1ccc(Cl)cc1Cl. The van der Waals surface area contributed by atoms with Crippen LogP contribution in [-0.4, -0.2) is 35.6 Å². The molecule has 4 nitrogen and oxygen atoms in total. The number of thioether (sulfide) groups is 1. The molecule has 2 amide bonds. The number of hydrogen-bond donors (Lipinski definition) is 1. The van der Waals surface area contributed by atoms with Crippen LogP contribution in [0, 0.1) is 0 Å². The van der Waals surface area contributed by atoms with Crippen LogP contribution in [0.15, 0.2) is 46.9 Å². The summed E-state index contributed by atoms with van der Waals surface area (Å²) < 4.78 is 0.962. The maximum Gasteiger partial charge on any atom is 0.242 e. The Balaban J connectivity index is 2.05. The van der Waals surface area contributed by atoms with Crippen LogP contribution in [0.25, 0.3) is 0 Å². The summed E-state index contributed by atoms with van der Waals surface area (Å²) in [6.45, 7) is 2.10. The summed E-state index contributed by atoms with van der Waals surface area (Å²) in [7, 11) is 1.57. The van der Waals surface area contributed by atoms with Gasteiger partial charge in [0, 0.05) is 33.9 Å². The number of nitrogens with zero attached hydrogens (tertiary/aromatic N) is 1. The van der Waals surface area contributed by atoms with E-state index in [0.29, 0.717) is 22.3 Å². The molecule has 0 fully saturated rings. The lowest BCUT2D eigenvalue weighted by Gasteiger charge is -2.28. The van der Waals surface area contributed by atoms with Gasteiger partial charge in [-0.05, 0) is 42.3 Å². The lowest BCUT2D eigenvalue weighted by atomic mass is 10.1. The normalized spacial score (nSPS) is 11.8. The van der Waals surface area contributed by atoms with E-state index in [1.165, 1.54) is 11.8 Å². The molecule has 0 bridgehead atoms. The average Bonchev–Trinajstić information content (AvgIpc) is 2.67. The maximum atomic E-state index is 12.9. The molecule has 2 rings (SSSR count). The summed E-state index contributed by atoms with van der Waals surface area (Å²) in [5.41, 5.74) is 1.88. The van der Waals surface area contributed by atoms with Crippen LogP contribution in [0.5, 0.6) is 0 Å². The van der Waals surface area contributed by atoms with E-state index in [2.05, 4.69) is 21.2 Å². The molecule has 0 heterocycles. The lowest BCUT2D eigenvalue weighted by Crippen LogP contribution is -2.47. The van der Waals surface area contributed by atoms with Crippen LogP contribution < -0.4 is 5.32 Å². The second kappa shape index (κ2) is 11.1. The third kappa shape index (κ3) is 6.69. The number of hydrogen-bond acceptors (Lipinski definition) is 3. The first-order valence-electron chi connectivity index (χ1n) is 8.59. The van der Waals surface area contributed by atoms with Crippen LogP contribution in [-0.2, 0) is 21.9 Å². The van der Waals surface area contributed by atoms with Crippen molar-refractivity contribution in [3.63, 3.8) is 0 Å². The van der Waals surface area contributed by atoms with Crippen LogP contribution in [0.3, 0.4) is 0 Å². The van der Waals surface area contributed by atoms with E-state index >= 15 is 0 Å². The fourth-order valence-electron chi connectivity index (χ4n) is 2.55. The van der Waals surface area contributed by atoms with Crippen molar-refractivity contribution in [2.75, 3.05) is 12.8 Å². The molecule has 0 saturated heterocycles. The highest BCUT2D eigenvalue weighted by Gasteiger charge is 2.25. The molecule has 0 spiro atoms. The fraction of sp³-hybridized carbons (Fsp3) is 0.300. The molecule has 0 saturated carbocycles. The van der Waals surface area contributed by atoms with E-state index < -0.39 is 6.04 Å². The first-order chi connectivity index (χ1) is 13.3. The van der Waals surface area contributed by atoms with E-state index in [9.17, 15) is 9.59 Å². The van der Waals surface area contributed by atoms with Gasteiger partial charge in [-0.3, -0.25) is 9.59 Å². The standard InChI is InChI=1S/C20H21BrCl2N2O2S/c1-13(20(27)24-2)25(10-14-3-6-16(21)7-4-14)19(26)12-28-11-15-5-8-17(22)9-18(15)23/h3-9,13H,10-12H2,1-2H3,(H,24,27)/t13-/m1/s1. The minimum atomic E-state index is -0.569. The van der Waals surface area contributed by atoms with Crippen molar-refractivity contribution in [2.45, 2.75) is 25.3 Å². The van der Waals surface area contributed by atoms with Crippen molar-refractivity contribution in [3.8, 4) is 0 Å². The molecule has 2 aromatic carbocycles. The van der Waals surface area contributed by atoms with Crippen molar-refractivity contribution in [1.29, 1.82) is 0 Å². The van der Waals surface area contributed by atoms with Gasteiger partial charge >= 0.3 is 0 Å². The largest absolute Gasteiger partial charge is 0.357 e. The van der Waals surface area contributed by atoms with Crippen molar-refractivity contribution >= 4 is 62.7 Å². The highest BCUT2D eigenvalue weighted by molar-refractivity contribution is 9.10. The topological polar surface area (TPSA) is 49.4 Å². The van der Waals surface area contributed by atoms with E-state index in [-0.39, 0.29) is 17.6 Å². The number of halogens is 3. The van der Waals surface area contributed by atoms with E-state index in [1.807, 2.05) is 30.3 Å². The Morgan fingerprint density at radius 2 is 1.86 bits per heavy atom. The first kappa shape index (κ1) is 23.1. The Hall–Kier alpha value is -1.21. The fourth-order valence-corrected chi connectivity index (χ4v) is 4.28. The van der Waals surface area contributed by atoms with E-state index in [1.54, 1.807) is 31.0 Å². The molecule has 0 radical (unpaired) electrons. The Kier molecular flexibility index (Phi) is 9.15. The van der Waals surface area contributed by atoms with Crippen LogP contribution in [0.2, 0.25) is 10.0 Å². The minimum Gasteiger partial charge on any atom is -0.357 e. The number of carbonyl (C=O) groups is 2. The molecule has 8 heteroatoms. The van der Waals surface area contributed by atoms with Gasteiger partial charge in [-0.25, -0.2) is 0 Å². The van der Waals surface area contributed by atoms with E-state index in [0.717, 1.165) is 15.6 Å². The lowest BCUT2D eigenvalue weighted by molar-refractivity contribution is -0.138. The predicted molar refractivity (Wildman–Crippen MR) is 121 cm³/mol. The zero-order chi connectivity index (χ0) is 20.7. The van der Waals surface area contributed by atoms with Crippen molar-refractivity contribution < 1.29 is 9.59 Å². The molecule has 1 atom stereocenters. The molecular weight excluding hydrogens is 483 g/mol. The van der Waals surface area contributed by atoms with Gasteiger partial charge in [0.2, 0.25) is 11.8 Å². The van der Waals surface area contributed by atoms with Gasteiger partial charge in [0.25, 0.3) is 0 Å². The highest BCUT2D eigenvalue weighted by Crippen LogP contribution is 2.25. The second-order valence-corrected chi connectivity index (χ2v) is 8.91. The zero-order valence-electron chi connectivity index (χ0n) is 15.5. The molecule has 0 aliphatic heterocycles. The molecule has 0 aliphatic carbocycles. The summed E-state index contributed by atoms with van der Waals surface area (Å²) in [6.07, 6.45) is 0. The summed E-state index contributed by atoms with van der Waals surface area (Å²) in [4.78, 5) is 26.6. The first-order valence-corrected chi connectivity index (χ1v) is 11.3. The van der Waals surface area contributed by atoms with E-state index in [4.69, 9.17) is 23.2 Å². The van der Waals surface area contributed by atoms with Crippen LogP contribution in [0.4, 0.5) is 0 Å². The molecule has 0 unspecified atom stereocenters. The number of amides is 2. The molecule has 2 aromatic rings. The van der Waals surface area contributed by atoms with Gasteiger partial charge in [-0.15, -0.1) is 11.8 Å². The highest BCUT2D eigenvalue weighted by atomic mass is 79.9. The van der Waals surface area contributed by atoms with Gasteiger partial charge in [-0.2, -0.15) is 0 Å². The number of carbonyl (C=O) groups excluding carboxylic acids is 2. The molecular formula is C20H21BrCl2N2O2S. The Bertz CT molecular complexity index is 833. The third-order valence-electron chi connectivity index (χ3n) is 4.18. The summed E-state index contributed by atoms with van der Waals surface area (Å²) >= 11 is 17.0. The monoisotopic (exact) mass is 502 g/mol. The Labute approximate surface area is 188 Å². The number of nitrogens with one attached hydrogen (secondary N) is 1. The van der Waals surface area contributed by atoms with Crippen molar-refractivity contribution in [1.82, 2.24) is 10.2 Å². The molecule has 1 N–H and O–H groups in total. The van der Waals surface area contributed by atoms with Crippen LogP contribution >= 0.6 is 50.9 Å². The Morgan fingerprint density at radius 3 is 2.46 bits per heavy atom. The molecule has 28 heavy (non-hydrogen) atoms. The smallest absolute Gasteiger partial charge is 0.242 e. The van der Waals surface area contributed by atoms with Crippen molar-refractivity contribution in [2.24, 2.45) is 0 Å². The third-order valence-corrected chi connectivity index (χ3v) is 6.26. The summed E-state index contributed by atoms with van der Waals surface area (Å²) in [6, 6.07) is 12.4. The number of likely N-dealkylation sites (N-methyl/N-ethyl adjacent to an activating group) is 1. The number of rotatable bonds is 8. The van der Waals surface area contributed by atoms with Gasteiger partial charge in [0.15, 0.2) is 0 Å². The number of benzene rings is 2. The van der Waals surface area contributed by atoms with Gasteiger partial charge in [-0.1, -0.05) is 57.3 Å². The maximum absolute atomic E-state index is 12.9. The average molecular weight is 504 g/mol. The minimum absolute atomic E-state index is 0.103. The quantitative estimate of drug-likeness (QED) is 0.541. The van der Waals surface area contributed by atoms with Gasteiger partial charge in [0.05, 0.1) is 5.75 Å².